The van der Waals surface area contributed by atoms with Crippen molar-refractivity contribution in [2.45, 2.75) is 44.1 Å². The molecule has 5 nitrogen and oxygen atoms in total. The number of hydrogen-bond donors (Lipinski definition) is 1. The molecule has 1 atom stereocenters. The maximum Gasteiger partial charge on any atom is 0.223 e. The van der Waals surface area contributed by atoms with Crippen molar-refractivity contribution in [2.24, 2.45) is 0 Å². The number of ketones is 1. The Kier molecular flexibility index (Phi) is 6.04. The van der Waals surface area contributed by atoms with E-state index in [0.717, 1.165) is 19.5 Å². The fourth-order valence-corrected chi connectivity index (χ4v) is 3.97. The number of β-amino-alcohol motifs (C(OH)–C–C–N with tert-alkyl or cyclic N) is 1. The molecule has 0 aliphatic carbocycles. The minimum Gasteiger partial charge on any atom is -0.387 e. The van der Waals surface area contributed by atoms with Crippen LogP contribution in [-0.4, -0.2) is 64.9 Å². The van der Waals surface area contributed by atoms with Gasteiger partial charge in [0.1, 0.15) is 5.82 Å². The summed E-state index contributed by atoms with van der Waals surface area (Å²) in [6.45, 7) is 3.62. The number of aliphatic hydroxyl groups is 1. The predicted octanol–water partition coefficient (Wildman–Crippen LogP) is 2.24. The molecule has 2 aliphatic heterocycles. The van der Waals surface area contributed by atoms with Gasteiger partial charge in [0.25, 0.3) is 0 Å². The highest BCUT2D eigenvalue weighted by Crippen LogP contribution is 2.25. The molecule has 1 amide bonds. The molecule has 0 aromatic heterocycles. The summed E-state index contributed by atoms with van der Waals surface area (Å²) in [5.41, 5.74) is -0.428. The standard InChI is InChI=1S/C20H27FN2O3/c21-17-6-4-16(5-7-17)18(24)8-9-19(25)23-13-3-10-20(26,15-23)14-22-11-1-2-12-22/h4-7,26H,1-3,8-15H2/t20-/m0/s1. The lowest BCUT2D eigenvalue weighted by Crippen LogP contribution is -2.55. The van der Waals surface area contributed by atoms with Crippen LogP contribution in [0.25, 0.3) is 0 Å². The molecule has 0 radical (unpaired) electrons. The van der Waals surface area contributed by atoms with Gasteiger partial charge in [0.05, 0.1) is 12.1 Å². The Bertz CT molecular complexity index is 643. The lowest BCUT2D eigenvalue weighted by molar-refractivity contribution is -0.139. The number of carbonyl (C=O) groups is 2. The maximum absolute atomic E-state index is 12.9. The van der Waals surface area contributed by atoms with Gasteiger partial charge in [-0.25, -0.2) is 4.39 Å². The van der Waals surface area contributed by atoms with Gasteiger partial charge in [-0.1, -0.05) is 0 Å². The minimum atomic E-state index is -0.848. The van der Waals surface area contributed by atoms with E-state index >= 15 is 0 Å². The fourth-order valence-electron chi connectivity index (χ4n) is 3.97. The van der Waals surface area contributed by atoms with Crippen LogP contribution in [0, 0.1) is 5.82 Å². The Hall–Kier alpha value is -1.79. The number of nitrogens with zero attached hydrogens (tertiary/aromatic N) is 2. The normalized spacial score (nSPS) is 24.0. The Morgan fingerprint density at radius 1 is 1.04 bits per heavy atom. The summed E-state index contributed by atoms with van der Waals surface area (Å²) in [5, 5.41) is 10.9. The molecule has 26 heavy (non-hydrogen) atoms. The molecule has 0 unspecified atom stereocenters. The lowest BCUT2D eigenvalue weighted by atomic mass is 9.92. The van der Waals surface area contributed by atoms with Crippen LogP contribution in [-0.2, 0) is 4.79 Å². The van der Waals surface area contributed by atoms with Crippen LogP contribution in [0.3, 0.4) is 0 Å². The van der Waals surface area contributed by atoms with Crippen LogP contribution in [0.4, 0.5) is 4.39 Å². The molecule has 0 spiro atoms. The average Bonchev–Trinajstić information content (AvgIpc) is 3.12. The molecule has 142 valence electrons. The molecule has 3 rings (SSSR count). The van der Waals surface area contributed by atoms with Crippen molar-refractivity contribution in [3.63, 3.8) is 0 Å². The summed E-state index contributed by atoms with van der Waals surface area (Å²) >= 11 is 0. The van der Waals surface area contributed by atoms with E-state index in [1.54, 1.807) is 4.90 Å². The number of rotatable bonds is 6. The highest BCUT2D eigenvalue weighted by atomic mass is 19.1. The monoisotopic (exact) mass is 362 g/mol. The Morgan fingerprint density at radius 2 is 1.73 bits per heavy atom. The van der Waals surface area contributed by atoms with Crippen LogP contribution < -0.4 is 0 Å². The first-order chi connectivity index (χ1) is 12.5. The molecule has 1 N–H and O–H groups in total. The second kappa shape index (κ2) is 8.27. The molecule has 2 aliphatic rings. The molecule has 2 fully saturated rings. The molecule has 6 heteroatoms. The quantitative estimate of drug-likeness (QED) is 0.789. The largest absolute Gasteiger partial charge is 0.387 e. The van der Waals surface area contributed by atoms with Crippen LogP contribution in [0.5, 0.6) is 0 Å². The summed E-state index contributed by atoms with van der Waals surface area (Å²) in [7, 11) is 0. The fraction of sp³-hybridized carbons (Fsp3) is 0.600. The van der Waals surface area contributed by atoms with Gasteiger partial charge in [0, 0.05) is 31.5 Å². The van der Waals surface area contributed by atoms with E-state index in [2.05, 4.69) is 4.90 Å². The van der Waals surface area contributed by atoms with Crippen molar-refractivity contribution in [2.75, 3.05) is 32.7 Å². The smallest absolute Gasteiger partial charge is 0.223 e. The SMILES string of the molecule is O=C(CCC(=O)N1CCC[C@](O)(CN2CCCC2)C1)c1ccc(F)cc1. The van der Waals surface area contributed by atoms with E-state index in [0.29, 0.717) is 31.6 Å². The summed E-state index contributed by atoms with van der Waals surface area (Å²) in [6.07, 6.45) is 4.06. The third-order valence-electron chi connectivity index (χ3n) is 5.36. The van der Waals surface area contributed by atoms with Crippen molar-refractivity contribution in [1.82, 2.24) is 9.80 Å². The first kappa shape index (κ1) is 19.0. The van der Waals surface area contributed by atoms with Crippen molar-refractivity contribution in [3.8, 4) is 0 Å². The molecule has 2 heterocycles. The molecule has 1 aromatic rings. The van der Waals surface area contributed by atoms with Gasteiger partial charge in [-0.2, -0.15) is 0 Å². The number of piperidine rings is 1. The summed E-state index contributed by atoms with van der Waals surface area (Å²) in [6, 6.07) is 5.38. The topological polar surface area (TPSA) is 60.9 Å². The highest BCUT2D eigenvalue weighted by molar-refractivity contribution is 5.97. The van der Waals surface area contributed by atoms with Crippen LogP contribution in [0.15, 0.2) is 24.3 Å². The number of halogens is 1. The van der Waals surface area contributed by atoms with Crippen LogP contribution in [0.2, 0.25) is 0 Å². The minimum absolute atomic E-state index is 0.0972. The van der Waals surface area contributed by atoms with Crippen molar-refractivity contribution < 1.29 is 19.1 Å². The van der Waals surface area contributed by atoms with Gasteiger partial charge in [-0.15, -0.1) is 0 Å². The molecule has 2 saturated heterocycles. The van der Waals surface area contributed by atoms with Crippen LogP contribution in [0.1, 0.15) is 48.9 Å². The van der Waals surface area contributed by atoms with E-state index in [1.165, 1.54) is 37.1 Å². The molecular weight excluding hydrogens is 335 g/mol. The van der Waals surface area contributed by atoms with E-state index < -0.39 is 5.60 Å². The summed E-state index contributed by atoms with van der Waals surface area (Å²) in [4.78, 5) is 28.6. The van der Waals surface area contributed by atoms with Crippen LogP contribution >= 0.6 is 0 Å². The zero-order valence-corrected chi connectivity index (χ0v) is 15.1. The molecule has 0 saturated carbocycles. The predicted molar refractivity (Wildman–Crippen MR) is 96.4 cm³/mol. The number of benzene rings is 1. The number of hydrogen-bond acceptors (Lipinski definition) is 4. The third kappa shape index (κ3) is 4.89. The van der Waals surface area contributed by atoms with Crippen molar-refractivity contribution in [1.29, 1.82) is 0 Å². The zero-order chi connectivity index (χ0) is 18.6. The number of likely N-dealkylation sites (tertiary alicyclic amines) is 2. The van der Waals surface area contributed by atoms with Gasteiger partial charge in [0.15, 0.2) is 5.78 Å². The number of Topliss-reactive ketones (excluding diaryl/α,β-unsaturated/α-hetero) is 1. The van der Waals surface area contributed by atoms with Gasteiger partial charge >= 0.3 is 0 Å². The first-order valence-corrected chi connectivity index (χ1v) is 9.46. The molecular formula is C20H27FN2O3. The Balaban J connectivity index is 1.50. The zero-order valence-electron chi connectivity index (χ0n) is 15.1. The highest BCUT2D eigenvalue weighted by Gasteiger charge is 2.37. The average molecular weight is 362 g/mol. The first-order valence-electron chi connectivity index (χ1n) is 9.46. The van der Waals surface area contributed by atoms with Crippen molar-refractivity contribution in [3.05, 3.63) is 35.6 Å². The second-order valence-electron chi connectivity index (χ2n) is 7.56. The van der Waals surface area contributed by atoms with Gasteiger partial charge in [-0.3, -0.25) is 9.59 Å². The number of carbonyl (C=O) groups excluding carboxylic acids is 2. The van der Waals surface area contributed by atoms with Gasteiger partial charge in [-0.05, 0) is 63.0 Å². The Morgan fingerprint density at radius 3 is 2.42 bits per heavy atom. The number of amides is 1. The van der Waals surface area contributed by atoms with Gasteiger partial charge in [0.2, 0.25) is 5.91 Å². The lowest BCUT2D eigenvalue weighted by Gasteiger charge is -2.41. The van der Waals surface area contributed by atoms with E-state index in [-0.39, 0.29) is 30.3 Å². The maximum atomic E-state index is 12.9. The molecule has 0 bridgehead atoms. The van der Waals surface area contributed by atoms with Gasteiger partial charge < -0.3 is 14.9 Å². The third-order valence-corrected chi connectivity index (χ3v) is 5.36. The summed E-state index contributed by atoms with van der Waals surface area (Å²) in [5.74, 6) is -0.647. The van der Waals surface area contributed by atoms with E-state index in [4.69, 9.17) is 0 Å². The Labute approximate surface area is 153 Å². The second-order valence-corrected chi connectivity index (χ2v) is 7.56. The van der Waals surface area contributed by atoms with E-state index in [9.17, 15) is 19.1 Å². The van der Waals surface area contributed by atoms with E-state index in [1.807, 2.05) is 0 Å². The molecule has 1 aromatic carbocycles. The van der Waals surface area contributed by atoms with Crippen molar-refractivity contribution >= 4 is 11.7 Å². The summed E-state index contributed by atoms with van der Waals surface area (Å²) < 4.78 is 12.9.